The molecule has 1 rings (SSSR count). The SMILES string of the molecule is CC(C)C[C@H](O)[C@@H](O)CC(C(N)=O)C(Cc1nccs1)C(N)=O. The third kappa shape index (κ3) is 6.25. The minimum Gasteiger partial charge on any atom is -0.390 e. The molecule has 23 heavy (non-hydrogen) atoms. The number of aromatic nitrogens is 1. The van der Waals surface area contributed by atoms with Crippen LogP contribution in [0.1, 0.15) is 31.7 Å². The van der Waals surface area contributed by atoms with E-state index in [1.807, 2.05) is 13.8 Å². The first kappa shape index (κ1) is 19.5. The van der Waals surface area contributed by atoms with Crippen LogP contribution in [-0.4, -0.2) is 39.2 Å². The van der Waals surface area contributed by atoms with Gasteiger partial charge in [-0.05, 0) is 18.8 Å². The Kier molecular flexibility index (Phi) is 7.60. The molecule has 4 atom stereocenters. The lowest BCUT2D eigenvalue weighted by molar-refractivity contribution is -0.133. The maximum atomic E-state index is 11.8. The second-order valence-electron chi connectivity index (χ2n) is 6.15. The normalized spacial score (nSPS) is 16.7. The van der Waals surface area contributed by atoms with Crippen LogP contribution < -0.4 is 11.5 Å². The molecule has 2 unspecified atom stereocenters. The molecule has 6 N–H and O–H groups in total. The maximum absolute atomic E-state index is 11.8. The van der Waals surface area contributed by atoms with Crippen LogP contribution in [0.3, 0.4) is 0 Å². The molecule has 0 aromatic carbocycles. The van der Waals surface area contributed by atoms with Crippen molar-refractivity contribution in [1.29, 1.82) is 0 Å². The molecule has 2 amide bonds. The predicted octanol–water partition coefficient (Wildman–Crippen LogP) is 0.0466. The van der Waals surface area contributed by atoms with Gasteiger partial charge in [0.05, 0.1) is 29.1 Å². The number of amides is 2. The molecule has 0 aliphatic heterocycles. The summed E-state index contributed by atoms with van der Waals surface area (Å²) in [6, 6.07) is 0. The number of nitrogens with two attached hydrogens (primary N) is 2. The number of carbonyl (C=O) groups excluding carboxylic acids is 2. The monoisotopic (exact) mass is 343 g/mol. The Labute approximate surface area is 139 Å². The zero-order valence-electron chi connectivity index (χ0n) is 13.4. The molecule has 7 nitrogen and oxygen atoms in total. The highest BCUT2D eigenvalue weighted by Crippen LogP contribution is 2.25. The van der Waals surface area contributed by atoms with E-state index in [0.717, 1.165) is 0 Å². The number of hydrogen-bond donors (Lipinski definition) is 4. The summed E-state index contributed by atoms with van der Waals surface area (Å²) in [6.45, 7) is 3.83. The molecule has 8 heteroatoms. The van der Waals surface area contributed by atoms with Crippen molar-refractivity contribution in [3.05, 3.63) is 16.6 Å². The van der Waals surface area contributed by atoms with Crippen molar-refractivity contribution in [2.75, 3.05) is 0 Å². The van der Waals surface area contributed by atoms with E-state index < -0.39 is 35.9 Å². The molecule has 1 aromatic rings. The molecule has 0 radical (unpaired) electrons. The van der Waals surface area contributed by atoms with Gasteiger partial charge in [-0.2, -0.15) is 0 Å². The summed E-state index contributed by atoms with van der Waals surface area (Å²) in [5, 5.41) is 22.5. The van der Waals surface area contributed by atoms with Crippen molar-refractivity contribution in [3.63, 3.8) is 0 Å². The number of nitrogens with zero attached hydrogens (tertiary/aromatic N) is 1. The van der Waals surface area contributed by atoms with Gasteiger partial charge in [0.15, 0.2) is 0 Å². The van der Waals surface area contributed by atoms with E-state index in [9.17, 15) is 19.8 Å². The van der Waals surface area contributed by atoms with Crippen molar-refractivity contribution in [1.82, 2.24) is 4.98 Å². The Morgan fingerprint density at radius 1 is 1.13 bits per heavy atom. The quantitative estimate of drug-likeness (QED) is 0.475. The summed E-state index contributed by atoms with van der Waals surface area (Å²) < 4.78 is 0. The average molecular weight is 343 g/mol. The first-order valence-corrected chi connectivity index (χ1v) is 8.43. The second-order valence-corrected chi connectivity index (χ2v) is 7.13. The van der Waals surface area contributed by atoms with Crippen LogP contribution >= 0.6 is 11.3 Å². The highest BCUT2D eigenvalue weighted by molar-refractivity contribution is 7.09. The van der Waals surface area contributed by atoms with E-state index in [1.165, 1.54) is 11.3 Å². The Hall–Kier alpha value is -1.51. The summed E-state index contributed by atoms with van der Waals surface area (Å²) in [4.78, 5) is 27.6. The fourth-order valence-corrected chi connectivity index (χ4v) is 3.20. The lowest BCUT2D eigenvalue weighted by Crippen LogP contribution is -2.42. The highest BCUT2D eigenvalue weighted by atomic mass is 32.1. The van der Waals surface area contributed by atoms with Crippen molar-refractivity contribution >= 4 is 23.2 Å². The van der Waals surface area contributed by atoms with Gasteiger partial charge in [-0.15, -0.1) is 11.3 Å². The van der Waals surface area contributed by atoms with E-state index in [1.54, 1.807) is 11.6 Å². The number of aliphatic hydroxyl groups excluding tert-OH is 2. The van der Waals surface area contributed by atoms with Crippen LogP contribution in [0.4, 0.5) is 0 Å². The summed E-state index contributed by atoms with van der Waals surface area (Å²) in [5.74, 6) is -3.02. The highest BCUT2D eigenvalue weighted by Gasteiger charge is 2.35. The molecule has 0 saturated carbocycles. The van der Waals surface area contributed by atoms with Crippen LogP contribution in [0.5, 0.6) is 0 Å². The third-order valence-corrected chi connectivity index (χ3v) is 4.55. The van der Waals surface area contributed by atoms with Crippen LogP contribution in [-0.2, 0) is 16.0 Å². The Bertz CT molecular complexity index is 507. The summed E-state index contributed by atoms with van der Waals surface area (Å²) in [7, 11) is 0. The molecule has 1 aromatic heterocycles. The standard InChI is InChI=1S/C15H25N3O4S/c1-8(2)5-11(19)12(20)6-9(14(16)21)10(15(17)22)7-13-18-3-4-23-13/h3-4,8-12,19-20H,5-7H2,1-2H3,(H2,16,21)(H2,17,22)/t9?,10?,11-,12-/m0/s1. The van der Waals surface area contributed by atoms with E-state index in [0.29, 0.717) is 11.4 Å². The molecule has 0 saturated heterocycles. The first-order chi connectivity index (χ1) is 10.7. The molecule has 0 aliphatic rings. The number of hydrogen-bond acceptors (Lipinski definition) is 6. The number of rotatable bonds is 10. The Morgan fingerprint density at radius 2 is 1.70 bits per heavy atom. The van der Waals surface area contributed by atoms with Crippen LogP contribution in [0.15, 0.2) is 11.6 Å². The zero-order valence-corrected chi connectivity index (χ0v) is 14.2. The molecule has 0 spiro atoms. The molecule has 1 heterocycles. The van der Waals surface area contributed by atoms with Crippen LogP contribution in [0.2, 0.25) is 0 Å². The smallest absolute Gasteiger partial charge is 0.221 e. The van der Waals surface area contributed by atoms with Crippen LogP contribution in [0, 0.1) is 17.8 Å². The lowest BCUT2D eigenvalue weighted by Gasteiger charge is -2.26. The molecule has 0 aliphatic carbocycles. The molecular weight excluding hydrogens is 318 g/mol. The number of primary amides is 2. The molecule has 0 fully saturated rings. The van der Waals surface area contributed by atoms with E-state index in [2.05, 4.69) is 4.98 Å². The van der Waals surface area contributed by atoms with Gasteiger partial charge in [0.2, 0.25) is 11.8 Å². The van der Waals surface area contributed by atoms with Gasteiger partial charge in [-0.1, -0.05) is 13.8 Å². The van der Waals surface area contributed by atoms with Crippen molar-refractivity contribution in [2.45, 2.75) is 45.3 Å². The van der Waals surface area contributed by atoms with E-state index in [4.69, 9.17) is 11.5 Å². The van der Waals surface area contributed by atoms with Crippen molar-refractivity contribution in [2.24, 2.45) is 29.2 Å². The zero-order chi connectivity index (χ0) is 17.6. The van der Waals surface area contributed by atoms with Gasteiger partial charge in [0, 0.05) is 18.0 Å². The maximum Gasteiger partial charge on any atom is 0.221 e. The predicted molar refractivity (Wildman–Crippen MR) is 87.3 cm³/mol. The lowest BCUT2D eigenvalue weighted by atomic mass is 9.82. The van der Waals surface area contributed by atoms with Gasteiger partial charge < -0.3 is 21.7 Å². The van der Waals surface area contributed by atoms with Gasteiger partial charge in [0.1, 0.15) is 0 Å². The summed E-state index contributed by atoms with van der Waals surface area (Å²) >= 11 is 1.35. The fraction of sp³-hybridized carbons (Fsp3) is 0.667. The topological polar surface area (TPSA) is 140 Å². The van der Waals surface area contributed by atoms with Gasteiger partial charge in [-0.25, -0.2) is 4.98 Å². The largest absolute Gasteiger partial charge is 0.390 e. The molecule has 0 bridgehead atoms. The van der Waals surface area contributed by atoms with Crippen molar-refractivity contribution < 1.29 is 19.8 Å². The summed E-state index contributed by atoms with van der Waals surface area (Å²) in [5.41, 5.74) is 10.8. The Morgan fingerprint density at radius 3 is 2.13 bits per heavy atom. The molecule has 130 valence electrons. The second kappa shape index (κ2) is 8.95. The average Bonchev–Trinajstić information content (AvgIpc) is 2.93. The van der Waals surface area contributed by atoms with E-state index in [-0.39, 0.29) is 18.8 Å². The number of carbonyl (C=O) groups is 2. The number of aliphatic hydroxyl groups is 2. The minimum atomic E-state index is -1.15. The first-order valence-electron chi connectivity index (χ1n) is 7.55. The summed E-state index contributed by atoms with van der Waals surface area (Å²) in [6.07, 6.45) is -0.0624. The number of thiazole rings is 1. The van der Waals surface area contributed by atoms with Gasteiger partial charge in [-0.3, -0.25) is 9.59 Å². The minimum absolute atomic E-state index is 0.109. The van der Waals surface area contributed by atoms with Gasteiger partial charge >= 0.3 is 0 Å². The fourth-order valence-electron chi connectivity index (χ4n) is 2.52. The van der Waals surface area contributed by atoms with Gasteiger partial charge in [0.25, 0.3) is 0 Å². The van der Waals surface area contributed by atoms with E-state index >= 15 is 0 Å². The Balaban J connectivity index is 2.84. The van der Waals surface area contributed by atoms with Crippen molar-refractivity contribution in [3.8, 4) is 0 Å². The third-order valence-electron chi connectivity index (χ3n) is 3.75. The molecular formula is C15H25N3O4S. The van der Waals surface area contributed by atoms with Crippen LogP contribution in [0.25, 0.3) is 0 Å².